The van der Waals surface area contributed by atoms with Gasteiger partial charge >= 0.3 is 8.74 Å². The van der Waals surface area contributed by atoms with Gasteiger partial charge in [-0.15, -0.1) is 0 Å². The van der Waals surface area contributed by atoms with Crippen molar-refractivity contribution in [1.29, 1.82) is 0 Å². The molecule has 0 N–H and O–H groups in total. The maximum absolute atomic E-state index is 13.9. The van der Waals surface area contributed by atoms with Gasteiger partial charge in [0.05, 0.1) is 0 Å². The summed E-state index contributed by atoms with van der Waals surface area (Å²) in [6.07, 6.45) is 0.561. The van der Waals surface area contributed by atoms with Crippen LogP contribution in [0.25, 0.3) is 0 Å². The SMILES string of the molecule is CCC[Si](F)(F)c1ccccc1C(C)C. The van der Waals surface area contributed by atoms with Crippen LogP contribution in [0.1, 0.15) is 38.7 Å². The third kappa shape index (κ3) is 2.87. The van der Waals surface area contributed by atoms with Gasteiger partial charge in [-0.05, 0) is 11.5 Å². The van der Waals surface area contributed by atoms with Crippen LogP contribution < -0.4 is 5.19 Å². The van der Waals surface area contributed by atoms with Gasteiger partial charge in [0.2, 0.25) is 0 Å². The van der Waals surface area contributed by atoms with Crippen molar-refractivity contribution in [2.75, 3.05) is 0 Å². The second-order valence-electron chi connectivity index (χ2n) is 4.20. The summed E-state index contributed by atoms with van der Waals surface area (Å²) in [5, 5.41) is 0.335. The minimum absolute atomic E-state index is 0.0662. The molecule has 0 fully saturated rings. The molecule has 1 aromatic carbocycles. The van der Waals surface area contributed by atoms with Gasteiger partial charge in [0.15, 0.2) is 0 Å². The Hall–Kier alpha value is -0.703. The third-order valence-corrected chi connectivity index (χ3v) is 4.91. The Morgan fingerprint density at radius 3 is 2.33 bits per heavy atom. The lowest BCUT2D eigenvalue weighted by Gasteiger charge is -2.18. The minimum Gasteiger partial charge on any atom is -0.265 e. The molecule has 3 heteroatoms. The van der Waals surface area contributed by atoms with Gasteiger partial charge in [0.25, 0.3) is 0 Å². The van der Waals surface area contributed by atoms with E-state index in [0.717, 1.165) is 5.56 Å². The van der Waals surface area contributed by atoms with E-state index in [0.29, 0.717) is 11.6 Å². The first-order valence-electron chi connectivity index (χ1n) is 5.46. The van der Waals surface area contributed by atoms with Gasteiger partial charge in [-0.1, -0.05) is 51.5 Å². The predicted octanol–water partition coefficient (Wildman–Crippen LogP) is 3.81. The van der Waals surface area contributed by atoms with Crippen molar-refractivity contribution in [3.8, 4) is 0 Å². The summed E-state index contributed by atoms with van der Waals surface area (Å²) < 4.78 is 27.8. The maximum atomic E-state index is 13.9. The average Bonchev–Trinajstić information content (AvgIpc) is 2.17. The summed E-state index contributed by atoms with van der Waals surface area (Å²) in [6.45, 7) is 5.75. The summed E-state index contributed by atoms with van der Waals surface area (Å²) >= 11 is 0. The lowest BCUT2D eigenvalue weighted by molar-refractivity contribution is 0.613. The van der Waals surface area contributed by atoms with Crippen LogP contribution in [0.15, 0.2) is 24.3 Å². The summed E-state index contributed by atoms with van der Waals surface area (Å²) in [4.78, 5) is 0. The Kier molecular flexibility index (Phi) is 4.02. The van der Waals surface area contributed by atoms with Gasteiger partial charge in [-0.25, -0.2) is 0 Å². The molecule has 0 radical (unpaired) electrons. The fraction of sp³-hybridized carbons (Fsp3) is 0.500. The number of benzene rings is 1. The highest BCUT2D eigenvalue weighted by atomic mass is 28.4. The van der Waals surface area contributed by atoms with E-state index in [9.17, 15) is 8.22 Å². The fourth-order valence-corrected chi connectivity index (χ4v) is 3.81. The van der Waals surface area contributed by atoms with E-state index in [1.54, 1.807) is 12.1 Å². The van der Waals surface area contributed by atoms with Crippen LogP contribution in [0.2, 0.25) is 6.04 Å². The van der Waals surface area contributed by atoms with Crippen LogP contribution in [0.5, 0.6) is 0 Å². The molecule has 0 aliphatic carbocycles. The zero-order valence-corrected chi connectivity index (χ0v) is 10.6. The van der Waals surface area contributed by atoms with Gasteiger partial charge in [-0.2, -0.15) is 0 Å². The summed E-state index contributed by atoms with van der Waals surface area (Å²) in [5.41, 5.74) is 0.822. The van der Waals surface area contributed by atoms with E-state index in [1.165, 1.54) is 0 Å². The Morgan fingerprint density at radius 1 is 1.20 bits per heavy atom. The van der Waals surface area contributed by atoms with Crippen molar-refractivity contribution < 1.29 is 8.22 Å². The van der Waals surface area contributed by atoms with Crippen molar-refractivity contribution in [2.24, 2.45) is 0 Å². The number of hydrogen-bond donors (Lipinski definition) is 0. The molecule has 0 aliphatic rings. The first-order chi connectivity index (χ1) is 6.99. The van der Waals surface area contributed by atoms with Gasteiger partial charge in [0.1, 0.15) is 0 Å². The standard InChI is InChI=1S/C12H18F2Si/c1-4-9-15(13,14)12-8-6-5-7-11(12)10(2)3/h5-8,10H,4,9H2,1-3H3. The summed E-state index contributed by atoms with van der Waals surface area (Å²) in [7, 11) is -4.19. The van der Waals surface area contributed by atoms with E-state index in [4.69, 9.17) is 0 Å². The number of halogens is 2. The van der Waals surface area contributed by atoms with Gasteiger partial charge in [-0.3, -0.25) is 8.22 Å². The van der Waals surface area contributed by atoms with Crippen LogP contribution in [0, 0.1) is 0 Å². The van der Waals surface area contributed by atoms with Crippen molar-refractivity contribution in [1.82, 2.24) is 0 Å². The maximum Gasteiger partial charge on any atom is 0.455 e. The van der Waals surface area contributed by atoms with E-state index in [-0.39, 0.29) is 12.0 Å². The highest BCUT2D eigenvalue weighted by Gasteiger charge is 2.38. The topological polar surface area (TPSA) is 0 Å². The van der Waals surface area contributed by atoms with Crippen LogP contribution in [0.3, 0.4) is 0 Å². The Morgan fingerprint density at radius 2 is 1.80 bits per heavy atom. The zero-order chi connectivity index (χ0) is 11.5. The molecular weight excluding hydrogens is 210 g/mol. The quantitative estimate of drug-likeness (QED) is 0.543. The molecule has 84 valence electrons. The summed E-state index contributed by atoms with van der Waals surface area (Å²) in [5.74, 6) is 0.177. The fourth-order valence-electron chi connectivity index (χ4n) is 1.78. The number of hydrogen-bond acceptors (Lipinski definition) is 0. The normalized spacial score (nSPS) is 12.1. The smallest absolute Gasteiger partial charge is 0.265 e. The van der Waals surface area contributed by atoms with E-state index >= 15 is 0 Å². The zero-order valence-electron chi connectivity index (χ0n) is 9.56. The second kappa shape index (κ2) is 4.88. The third-order valence-electron chi connectivity index (χ3n) is 2.54. The largest absolute Gasteiger partial charge is 0.455 e. The van der Waals surface area contributed by atoms with Crippen molar-refractivity contribution in [3.63, 3.8) is 0 Å². The average molecular weight is 228 g/mol. The monoisotopic (exact) mass is 228 g/mol. The molecule has 0 bridgehead atoms. The second-order valence-corrected chi connectivity index (χ2v) is 6.64. The van der Waals surface area contributed by atoms with Crippen LogP contribution in [-0.4, -0.2) is 8.74 Å². The van der Waals surface area contributed by atoms with Crippen LogP contribution >= 0.6 is 0 Å². The van der Waals surface area contributed by atoms with Crippen molar-refractivity contribution >= 4 is 13.9 Å². The molecule has 0 aliphatic heterocycles. The molecule has 1 rings (SSSR count). The predicted molar refractivity (Wildman–Crippen MR) is 63.2 cm³/mol. The van der Waals surface area contributed by atoms with Crippen LogP contribution in [-0.2, 0) is 0 Å². The van der Waals surface area contributed by atoms with Gasteiger partial charge in [0, 0.05) is 11.2 Å². The molecule has 0 saturated heterocycles. The lowest BCUT2D eigenvalue weighted by atomic mass is 10.0. The molecule has 1 aromatic rings. The molecule has 0 nitrogen and oxygen atoms in total. The van der Waals surface area contributed by atoms with E-state index in [1.807, 2.05) is 32.9 Å². The Bertz CT molecular complexity index is 321. The van der Waals surface area contributed by atoms with Gasteiger partial charge < -0.3 is 0 Å². The summed E-state index contributed by atoms with van der Waals surface area (Å²) in [6, 6.07) is 7.07. The number of rotatable bonds is 4. The molecule has 0 amide bonds. The first-order valence-corrected chi connectivity index (χ1v) is 7.42. The first kappa shape index (κ1) is 12.4. The Labute approximate surface area is 91.7 Å². The highest BCUT2D eigenvalue weighted by molar-refractivity contribution is 6.80. The molecule has 0 heterocycles. The molecule has 0 spiro atoms. The molecule has 0 unspecified atom stereocenters. The van der Waals surface area contributed by atoms with Crippen molar-refractivity contribution in [2.45, 2.75) is 39.2 Å². The van der Waals surface area contributed by atoms with Crippen LogP contribution in [0.4, 0.5) is 8.22 Å². The highest BCUT2D eigenvalue weighted by Crippen LogP contribution is 2.21. The molecule has 0 atom stereocenters. The van der Waals surface area contributed by atoms with E-state index < -0.39 is 8.74 Å². The molecule has 0 aromatic heterocycles. The van der Waals surface area contributed by atoms with Crippen molar-refractivity contribution in [3.05, 3.63) is 29.8 Å². The lowest BCUT2D eigenvalue weighted by Crippen LogP contribution is -2.41. The molecule has 0 saturated carbocycles. The molecular formula is C12H18F2Si. The minimum atomic E-state index is -4.19. The Balaban J connectivity index is 3.12. The molecule has 15 heavy (non-hydrogen) atoms. The van der Waals surface area contributed by atoms with E-state index in [2.05, 4.69) is 0 Å².